The number of aryl methyl sites for hydroxylation is 1. The lowest BCUT2D eigenvalue weighted by atomic mass is 10.1. The van der Waals surface area contributed by atoms with E-state index in [4.69, 9.17) is 0 Å². The van der Waals surface area contributed by atoms with Gasteiger partial charge in [0.15, 0.2) is 0 Å². The minimum atomic E-state index is -0.476. The van der Waals surface area contributed by atoms with Crippen LogP contribution in [0.25, 0.3) is 6.08 Å². The van der Waals surface area contributed by atoms with E-state index in [-0.39, 0.29) is 5.91 Å². The van der Waals surface area contributed by atoms with Crippen LogP contribution in [0.15, 0.2) is 30.3 Å². The van der Waals surface area contributed by atoms with E-state index in [9.17, 15) is 9.90 Å². The summed E-state index contributed by atoms with van der Waals surface area (Å²) >= 11 is 0. The van der Waals surface area contributed by atoms with Gasteiger partial charge in [0, 0.05) is 12.6 Å². The van der Waals surface area contributed by atoms with Gasteiger partial charge in [-0.3, -0.25) is 4.79 Å². The van der Waals surface area contributed by atoms with Gasteiger partial charge in [-0.1, -0.05) is 43.7 Å². The molecule has 0 bridgehead atoms. The van der Waals surface area contributed by atoms with Crippen LogP contribution in [-0.4, -0.2) is 23.7 Å². The molecule has 0 aromatic heterocycles. The van der Waals surface area contributed by atoms with E-state index in [2.05, 4.69) is 5.32 Å². The zero-order valence-corrected chi connectivity index (χ0v) is 11.9. The zero-order valence-electron chi connectivity index (χ0n) is 11.9. The van der Waals surface area contributed by atoms with Gasteiger partial charge in [0.2, 0.25) is 5.91 Å². The molecule has 0 heterocycles. The molecule has 0 aliphatic heterocycles. The molecule has 1 aromatic rings. The number of rotatable bonds is 6. The summed E-state index contributed by atoms with van der Waals surface area (Å²) in [6, 6.07) is 7.93. The maximum atomic E-state index is 11.6. The molecule has 1 rings (SSSR count). The highest BCUT2D eigenvalue weighted by Gasteiger charge is 2.07. The van der Waals surface area contributed by atoms with E-state index in [0.29, 0.717) is 18.9 Å². The van der Waals surface area contributed by atoms with E-state index in [1.54, 1.807) is 6.08 Å². The first kappa shape index (κ1) is 15.4. The molecule has 19 heavy (non-hydrogen) atoms. The minimum Gasteiger partial charge on any atom is -0.391 e. The average molecular weight is 261 g/mol. The van der Waals surface area contributed by atoms with Crippen LogP contribution < -0.4 is 5.32 Å². The topological polar surface area (TPSA) is 49.3 Å². The van der Waals surface area contributed by atoms with Crippen molar-refractivity contribution in [3.63, 3.8) is 0 Å². The number of hydrogen-bond donors (Lipinski definition) is 2. The Bertz CT molecular complexity index is 438. The Balaban J connectivity index is 2.39. The van der Waals surface area contributed by atoms with Crippen molar-refractivity contribution in [2.75, 3.05) is 6.54 Å². The second-order valence-corrected chi connectivity index (χ2v) is 5.28. The Morgan fingerprint density at radius 2 is 2.16 bits per heavy atom. The van der Waals surface area contributed by atoms with Gasteiger partial charge in [-0.15, -0.1) is 0 Å². The van der Waals surface area contributed by atoms with Crippen LogP contribution in [0.1, 0.15) is 31.4 Å². The van der Waals surface area contributed by atoms with Crippen molar-refractivity contribution in [2.24, 2.45) is 5.92 Å². The zero-order chi connectivity index (χ0) is 14.3. The van der Waals surface area contributed by atoms with Gasteiger partial charge in [-0.05, 0) is 30.9 Å². The molecule has 0 saturated carbocycles. The van der Waals surface area contributed by atoms with Crippen molar-refractivity contribution in [1.82, 2.24) is 5.32 Å². The smallest absolute Gasteiger partial charge is 0.244 e. The van der Waals surface area contributed by atoms with Crippen LogP contribution in [0.2, 0.25) is 0 Å². The molecule has 0 aliphatic carbocycles. The highest BCUT2D eigenvalue weighted by atomic mass is 16.3. The fourth-order valence-electron chi connectivity index (χ4n) is 1.85. The SMILES string of the molecule is Cc1cccc(/C=C/C(=O)NCC(O)CC(C)C)c1. The van der Waals surface area contributed by atoms with Gasteiger partial charge in [0.25, 0.3) is 0 Å². The molecule has 104 valence electrons. The van der Waals surface area contributed by atoms with Gasteiger partial charge in [-0.25, -0.2) is 0 Å². The number of carbonyl (C=O) groups is 1. The van der Waals surface area contributed by atoms with Crippen molar-refractivity contribution < 1.29 is 9.90 Å². The third kappa shape index (κ3) is 6.77. The Morgan fingerprint density at radius 3 is 2.79 bits per heavy atom. The summed E-state index contributed by atoms with van der Waals surface area (Å²) in [4.78, 5) is 11.6. The van der Waals surface area contributed by atoms with Gasteiger partial charge in [0.1, 0.15) is 0 Å². The second-order valence-electron chi connectivity index (χ2n) is 5.28. The molecule has 2 N–H and O–H groups in total. The fourth-order valence-corrected chi connectivity index (χ4v) is 1.85. The Kier molecular flexibility index (Phi) is 6.30. The minimum absolute atomic E-state index is 0.177. The van der Waals surface area contributed by atoms with Crippen molar-refractivity contribution in [2.45, 2.75) is 33.3 Å². The summed E-state index contributed by atoms with van der Waals surface area (Å²) in [7, 11) is 0. The third-order valence-electron chi connectivity index (χ3n) is 2.72. The standard InChI is InChI=1S/C16H23NO2/c1-12(2)9-15(18)11-17-16(19)8-7-14-6-4-5-13(3)10-14/h4-8,10,12,15,18H,9,11H2,1-3H3,(H,17,19)/b8-7+. The number of carbonyl (C=O) groups excluding carboxylic acids is 1. The molecule has 3 heteroatoms. The molecule has 0 spiro atoms. The Labute approximate surface area is 115 Å². The number of nitrogens with one attached hydrogen (secondary N) is 1. The van der Waals surface area contributed by atoms with Crippen LogP contribution in [0.3, 0.4) is 0 Å². The molecule has 0 aliphatic rings. The molecule has 1 aromatic carbocycles. The van der Waals surface area contributed by atoms with Gasteiger partial charge in [0.05, 0.1) is 6.10 Å². The molecular weight excluding hydrogens is 238 g/mol. The normalized spacial score (nSPS) is 12.9. The molecule has 0 saturated heterocycles. The van der Waals surface area contributed by atoms with Gasteiger partial charge < -0.3 is 10.4 Å². The Morgan fingerprint density at radius 1 is 1.42 bits per heavy atom. The van der Waals surface area contributed by atoms with Gasteiger partial charge >= 0.3 is 0 Å². The molecule has 3 nitrogen and oxygen atoms in total. The molecule has 1 amide bonds. The first-order valence-corrected chi connectivity index (χ1v) is 6.68. The van der Waals surface area contributed by atoms with E-state index in [1.165, 1.54) is 6.08 Å². The third-order valence-corrected chi connectivity index (χ3v) is 2.72. The first-order valence-electron chi connectivity index (χ1n) is 6.68. The molecule has 1 atom stereocenters. The summed E-state index contributed by atoms with van der Waals surface area (Å²) in [5, 5.41) is 12.3. The number of aliphatic hydroxyl groups excluding tert-OH is 1. The number of aliphatic hydroxyl groups is 1. The average Bonchev–Trinajstić information content (AvgIpc) is 2.33. The van der Waals surface area contributed by atoms with Crippen LogP contribution in [0.5, 0.6) is 0 Å². The van der Waals surface area contributed by atoms with Crippen molar-refractivity contribution in [1.29, 1.82) is 0 Å². The summed E-state index contributed by atoms with van der Waals surface area (Å²) < 4.78 is 0. The van der Waals surface area contributed by atoms with Crippen LogP contribution in [0.4, 0.5) is 0 Å². The van der Waals surface area contributed by atoms with E-state index in [0.717, 1.165) is 11.1 Å². The lowest BCUT2D eigenvalue weighted by molar-refractivity contribution is -0.116. The van der Waals surface area contributed by atoms with Crippen LogP contribution in [-0.2, 0) is 4.79 Å². The fraction of sp³-hybridized carbons (Fsp3) is 0.438. The van der Waals surface area contributed by atoms with Crippen LogP contribution >= 0.6 is 0 Å². The predicted molar refractivity (Wildman–Crippen MR) is 78.7 cm³/mol. The number of amides is 1. The Hall–Kier alpha value is -1.61. The number of hydrogen-bond acceptors (Lipinski definition) is 2. The lowest BCUT2D eigenvalue weighted by Crippen LogP contribution is -2.31. The largest absolute Gasteiger partial charge is 0.391 e. The summed E-state index contributed by atoms with van der Waals surface area (Å²) in [5.74, 6) is 0.249. The molecular formula is C16H23NO2. The quantitative estimate of drug-likeness (QED) is 0.773. The summed E-state index contributed by atoms with van der Waals surface area (Å²) in [5.41, 5.74) is 2.16. The molecule has 0 radical (unpaired) electrons. The van der Waals surface area contributed by atoms with E-state index < -0.39 is 6.10 Å². The summed E-state index contributed by atoms with van der Waals surface area (Å²) in [6.07, 6.45) is 3.49. The maximum Gasteiger partial charge on any atom is 0.244 e. The molecule has 1 unspecified atom stereocenters. The predicted octanol–water partition coefficient (Wildman–Crippen LogP) is 2.53. The molecule has 0 fully saturated rings. The van der Waals surface area contributed by atoms with Crippen molar-refractivity contribution in [3.8, 4) is 0 Å². The highest BCUT2D eigenvalue weighted by molar-refractivity contribution is 5.91. The lowest BCUT2D eigenvalue weighted by Gasteiger charge is -2.12. The van der Waals surface area contributed by atoms with Crippen molar-refractivity contribution in [3.05, 3.63) is 41.5 Å². The first-order chi connectivity index (χ1) is 8.97. The van der Waals surface area contributed by atoms with Crippen molar-refractivity contribution >= 4 is 12.0 Å². The van der Waals surface area contributed by atoms with Crippen LogP contribution in [0, 0.1) is 12.8 Å². The van der Waals surface area contributed by atoms with E-state index in [1.807, 2.05) is 45.0 Å². The number of benzene rings is 1. The maximum absolute atomic E-state index is 11.6. The van der Waals surface area contributed by atoms with E-state index >= 15 is 0 Å². The monoisotopic (exact) mass is 261 g/mol. The second kappa shape index (κ2) is 7.74. The van der Waals surface area contributed by atoms with Gasteiger partial charge in [-0.2, -0.15) is 0 Å². The highest BCUT2D eigenvalue weighted by Crippen LogP contribution is 2.06. The summed E-state index contributed by atoms with van der Waals surface area (Å²) in [6.45, 7) is 6.40.